The lowest BCUT2D eigenvalue weighted by molar-refractivity contribution is -0.144. The Morgan fingerprint density at radius 3 is 2.50 bits per heavy atom. The highest BCUT2D eigenvalue weighted by Gasteiger charge is 2.44. The first kappa shape index (κ1) is 25.5. The summed E-state index contributed by atoms with van der Waals surface area (Å²) in [6, 6.07) is 5.90. The van der Waals surface area contributed by atoms with Crippen LogP contribution in [0.1, 0.15) is 38.4 Å². The molecule has 3 amide bonds. The van der Waals surface area contributed by atoms with Crippen LogP contribution >= 0.6 is 11.3 Å². The first-order valence-corrected chi connectivity index (χ1v) is 11.9. The van der Waals surface area contributed by atoms with Gasteiger partial charge in [-0.2, -0.15) is 0 Å². The molecule has 2 aromatic rings. The number of nitrogens with zero attached hydrogens (tertiary/aromatic N) is 2. The fourth-order valence-electron chi connectivity index (χ4n) is 3.96. The van der Waals surface area contributed by atoms with Gasteiger partial charge in [-0.3, -0.25) is 19.2 Å². The molecule has 1 aromatic heterocycles. The van der Waals surface area contributed by atoms with Crippen LogP contribution in [-0.4, -0.2) is 63.7 Å². The van der Waals surface area contributed by atoms with E-state index in [9.17, 15) is 24.3 Å². The van der Waals surface area contributed by atoms with Gasteiger partial charge < -0.3 is 20.6 Å². The van der Waals surface area contributed by atoms with Crippen molar-refractivity contribution >= 4 is 35.3 Å². The van der Waals surface area contributed by atoms with E-state index in [1.54, 1.807) is 37.6 Å². The third kappa shape index (κ3) is 5.87. The highest BCUT2D eigenvalue weighted by Crippen LogP contribution is 2.28. The maximum absolute atomic E-state index is 13.3. The minimum Gasteiger partial charge on any atom is -0.391 e. The van der Waals surface area contributed by atoms with Crippen LogP contribution < -0.4 is 10.6 Å². The lowest BCUT2D eigenvalue weighted by Crippen LogP contribution is -2.57. The number of rotatable bonds is 7. The van der Waals surface area contributed by atoms with Crippen molar-refractivity contribution in [3.05, 3.63) is 41.0 Å². The molecule has 2 heterocycles. The predicted molar refractivity (Wildman–Crippen MR) is 128 cm³/mol. The van der Waals surface area contributed by atoms with E-state index < -0.39 is 35.4 Å². The Bertz CT molecular complexity index is 1060. The van der Waals surface area contributed by atoms with Crippen molar-refractivity contribution in [2.45, 2.75) is 58.8 Å². The Morgan fingerprint density at radius 2 is 1.94 bits per heavy atom. The first-order valence-electron chi connectivity index (χ1n) is 11.0. The third-order valence-electron chi connectivity index (χ3n) is 5.80. The predicted octanol–water partition coefficient (Wildman–Crippen LogP) is 1.43. The van der Waals surface area contributed by atoms with Crippen molar-refractivity contribution in [2.24, 2.45) is 5.41 Å². The van der Waals surface area contributed by atoms with Crippen LogP contribution in [0.4, 0.5) is 0 Å². The second-order valence-electron chi connectivity index (χ2n) is 9.50. The third-order valence-corrected chi connectivity index (χ3v) is 6.78. The molecule has 3 atom stereocenters. The largest absolute Gasteiger partial charge is 0.391 e. The summed E-state index contributed by atoms with van der Waals surface area (Å²) in [5, 5.41) is 15.5. The minimum absolute atomic E-state index is 0.0244. The zero-order valence-electron chi connectivity index (χ0n) is 19.7. The van der Waals surface area contributed by atoms with Gasteiger partial charge in [0.1, 0.15) is 12.1 Å². The van der Waals surface area contributed by atoms with Gasteiger partial charge in [0.05, 0.1) is 22.2 Å². The second-order valence-corrected chi connectivity index (χ2v) is 10.4. The average Bonchev–Trinajstić information content (AvgIpc) is 3.40. The summed E-state index contributed by atoms with van der Waals surface area (Å²) in [6.45, 7) is 7.44. The highest BCUT2D eigenvalue weighted by atomic mass is 32.1. The quantitative estimate of drug-likeness (QED) is 0.401. The number of carbonyl (C=O) groups excluding carboxylic acids is 4. The molecular weight excluding hydrogens is 456 g/mol. The van der Waals surface area contributed by atoms with E-state index in [2.05, 4.69) is 15.6 Å². The molecule has 34 heavy (non-hydrogen) atoms. The van der Waals surface area contributed by atoms with Gasteiger partial charge in [0.2, 0.25) is 18.1 Å². The summed E-state index contributed by atoms with van der Waals surface area (Å²) in [6.07, 6.45) is -0.653. The summed E-state index contributed by atoms with van der Waals surface area (Å²) in [5.74, 6) is -1.81. The molecule has 0 saturated carbocycles. The average molecular weight is 487 g/mol. The summed E-state index contributed by atoms with van der Waals surface area (Å²) < 4.78 is 0. The minimum atomic E-state index is -1.02. The molecule has 1 aliphatic rings. The number of benzene rings is 1. The maximum Gasteiger partial charge on any atom is 0.284 e. The molecule has 0 bridgehead atoms. The summed E-state index contributed by atoms with van der Waals surface area (Å²) in [4.78, 5) is 55.3. The normalized spacial score (nSPS) is 18.9. The molecule has 0 aliphatic carbocycles. The fourth-order valence-corrected chi connectivity index (χ4v) is 4.77. The van der Waals surface area contributed by atoms with Crippen molar-refractivity contribution in [2.75, 3.05) is 6.54 Å². The van der Waals surface area contributed by atoms with Crippen LogP contribution in [0.25, 0.3) is 10.4 Å². The number of aliphatic hydroxyl groups is 1. The number of hydrogen-bond donors (Lipinski definition) is 3. The van der Waals surface area contributed by atoms with E-state index in [1.165, 1.54) is 4.90 Å². The zero-order chi connectivity index (χ0) is 25.0. The zero-order valence-corrected chi connectivity index (χ0v) is 20.5. The van der Waals surface area contributed by atoms with E-state index in [0.29, 0.717) is 0 Å². The van der Waals surface area contributed by atoms with Gasteiger partial charge in [-0.1, -0.05) is 45.0 Å². The van der Waals surface area contributed by atoms with Crippen molar-refractivity contribution < 1.29 is 24.3 Å². The van der Waals surface area contributed by atoms with Gasteiger partial charge >= 0.3 is 0 Å². The Hall–Kier alpha value is -3.11. The van der Waals surface area contributed by atoms with Gasteiger partial charge in [-0.25, -0.2) is 4.98 Å². The molecule has 1 aliphatic heterocycles. The van der Waals surface area contributed by atoms with E-state index in [1.807, 2.05) is 31.2 Å². The standard InChI is InChI=1S/C24H30N4O5S/c1-14-20(34-13-26-14)16-7-5-15(6-8-16)10-25-22(32)18-9-17(30)11-28(18)23(33)21(24(2,3)4)27-19(31)12-29/h5-8,12-13,17-18,21,30H,9-11H2,1-4H3,(H,25,32)(H,27,31)/t17-,18+,21-/m1/s1. The number of aldehydes is 1. The summed E-state index contributed by atoms with van der Waals surface area (Å²) in [5.41, 5.74) is 4.00. The van der Waals surface area contributed by atoms with E-state index >= 15 is 0 Å². The molecule has 0 spiro atoms. The molecule has 1 saturated heterocycles. The number of hydrogen-bond acceptors (Lipinski definition) is 7. The molecule has 1 aromatic carbocycles. The Kier molecular flexibility index (Phi) is 7.83. The van der Waals surface area contributed by atoms with Gasteiger partial charge in [0, 0.05) is 19.5 Å². The molecule has 3 rings (SSSR count). The number of likely N-dealkylation sites (tertiary alicyclic amines) is 1. The first-order chi connectivity index (χ1) is 16.0. The second kappa shape index (κ2) is 10.4. The number of aromatic nitrogens is 1. The highest BCUT2D eigenvalue weighted by molar-refractivity contribution is 7.13. The van der Waals surface area contributed by atoms with Gasteiger partial charge in [0.25, 0.3) is 5.91 Å². The monoisotopic (exact) mass is 486 g/mol. The topological polar surface area (TPSA) is 129 Å². The van der Waals surface area contributed by atoms with Crippen LogP contribution in [0.15, 0.2) is 29.8 Å². The SMILES string of the molecule is Cc1ncsc1-c1ccc(CNC(=O)[C@@H]2C[C@@H](O)CN2C(=O)[C@@H](NC(=O)C=O)C(C)(C)C)cc1. The number of aliphatic hydroxyl groups excluding tert-OH is 1. The van der Waals surface area contributed by atoms with Crippen LogP contribution in [0.2, 0.25) is 0 Å². The molecular formula is C24H30N4O5S. The molecule has 0 unspecified atom stereocenters. The molecule has 9 nitrogen and oxygen atoms in total. The molecule has 3 N–H and O–H groups in total. The lowest BCUT2D eigenvalue weighted by Gasteiger charge is -2.34. The molecule has 1 fully saturated rings. The number of β-amino-alcohol motifs (C(OH)–C–C–N with tert-alkyl or cyclic N) is 1. The summed E-state index contributed by atoms with van der Waals surface area (Å²) >= 11 is 1.57. The van der Waals surface area contributed by atoms with Crippen molar-refractivity contribution in [1.82, 2.24) is 20.5 Å². The summed E-state index contributed by atoms with van der Waals surface area (Å²) in [7, 11) is 0. The van der Waals surface area contributed by atoms with Crippen LogP contribution in [-0.2, 0) is 25.7 Å². The molecule has 0 radical (unpaired) electrons. The Balaban J connectivity index is 1.68. The van der Waals surface area contributed by atoms with E-state index in [0.717, 1.165) is 21.7 Å². The smallest absolute Gasteiger partial charge is 0.284 e. The van der Waals surface area contributed by atoms with Crippen molar-refractivity contribution in [1.29, 1.82) is 0 Å². The van der Waals surface area contributed by atoms with Gasteiger partial charge in [-0.15, -0.1) is 11.3 Å². The van der Waals surface area contributed by atoms with Crippen molar-refractivity contribution in [3.8, 4) is 10.4 Å². The van der Waals surface area contributed by atoms with E-state index in [-0.39, 0.29) is 31.7 Å². The van der Waals surface area contributed by atoms with E-state index in [4.69, 9.17) is 0 Å². The number of amides is 3. The lowest BCUT2D eigenvalue weighted by atomic mass is 9.85. The van der Waals surface area contributed by atoms with Crippen LogP contribution in [0.3, 0.4) is 0 Å². The number of thiazole rings is 1. The maximum atomic E-state index is 13.3. The van der Waals surface area contributed by atoms with Crippen molar-refractivity contribution in [3.63, 3.8) is 0 Å². The Labute approximate surface area is 202 Å². The van der Waals surface area contributed by atoms with Crippen LogP contribution in [0.5, 0.6) is 0 Å². The number of nitrogens with one attached hydrogen (secondary N) is 2. The van der Waals surface area contributed by atoms with Gasteiger partial charge in [0.15, 0.2) is 0 Å². The Morgan fingerprint density at radius 1 is 1.26 bits per heavy atom. The fraction of sp³-hybridized carbons (Fsp3) is 0.458. The number of aryl methyl sites for hydroxylation is 1. The molecule has 182 valence electrons. The van der Waals surface area contributed by atoms with Crippen LogP contribution in [0, 0.1) is 12.3 Å². The molecule has 10 heteroatoms. The van der Waals surface area contributed by atoms with Gasteiger partial charge in [-0.05, 0) is 23.5 Å². The number of carbonyl (C=O) groups is 4.